The fourth-order valence-corrected chi connectivity index (χ4v) is 3.69. The summed E-state index contributed by atoms with van der Waals surface area (Å²) in [6.45, 7) is 0.498. The number of ether oxygens (including phenoxy) is 1. The predicted octanol–water partition coefficient (Wildman–Crippen LogP) is 5.21. The molecule has 30 heavy (non-hydrogen) atoms. The Morgan fingerprint density at radius 2 is 1.60 bits per heavy atom. The summed E-state index contributed by atoms with van der Waals surface area (Å²) in [4.78, 5) is 13.1. The van der Waals surface area contributed by atoms with E-state index in [-0.39, 0.29) is 11.7 Å². The number of hydrogen-bond acceptors (Lipinski definition) is 3. The molecule has 4 nitrogen and oxygen atoms in total. The number of fused-ring (bicyclic) bond motifs is 1. The average molecular weight is 397 g/mol. The first-order chi connectivity index (χ1) is 14.7. The van der Waals surface area contributed by atoms with Gasteiger partial charge in [0.15, 0.2) is 0 Å². The standard InChI is InChI=1S/C26H23NO3/c1-30-17-18-11-13-21(14-12-18)26(29)27-25(20-8-3-2-4-9-20)24-22-10-6-5-7-19(22)15-16-23(24)28/h2-16,25,28H,17H2,1H3,(H,27,29). The van der Waals surface area contributed by atoms with Gasteiger partial charge in [-0.1, -0.05) is 72.8 Å². The molecular weight excluding hydrogens is 374 g/mol. The number of benzene rings is 4. The Morgan fingerprint density at radius 1 is 0.900 bits per heavy atom. The molecule has 0 saturated carbocycles. The Morgan fingerprint density at radius 3 is 2.33 bits per heavy atom. The van der Waals surface area contributed by atoms with Crippen LogP contribution in [0.4, 0.5) is 0 Å². The van der Waals surface area contributed by atoms with Crippen molar-refractivity contribution in [1.29, 1.82) is 0 Å². The lowest BCUT2D eigenvalue weighted by Crippen LogP contribution is -2.29. The van der Waals surface area contributed by atoms with Gasteiger partial charge in [0.05, 0.1) is 12.6 Å². The number of phenolic OH excluding ortho intramolecular Hbond substituents is 1. The Bertz CT molecular complexity index is 1150. The Labute approximate surface area is 175 Å². The summed E-state index contributed by atoms with van der Waals surface area (Å²) in [6.07, 6.45) is 0. The molecule has 0 aliphatic rings. The molecule has 150 valence electrons. The van der Waals surface area contributed by atoms with Crippen molar-refractivity contribution in [2.24, 2.45) is 0 Å². The second-order valence-electron chi connectivity index (χ2n) is 7.17. The second-order valence-corrected chi connectivity index (χ2v) is 7.17. The largest absolute Gasteiger partial charge is 0.508 e. The molecule has 4 rings (SSSR count). The minimum atomic E-state index is -0.497. The van der Waals surface area contributed by atoms with Crippen molar-refractivity contribution in [1.82, 2.24) is 5.32 Å². The van der Waals surface area contributed by atoms with E-state index in [0.717, 1.165) is 21.9 Å². The van der Waals surface area contributed by atoms with E-state index in [1.807, 2.05) is 72.8 Å². The van der Waals surface area contributed by atoms with Crippen LogP contribution in [0.25, 0.3) is 10.8 Å². The molecule has 0 fully saturated rings. The monoisotopic (exact) mass is 397 g/mol. The van der Waals surface area contributed by atoms with Gasteiger partial charge >= 0.3 is 0 Å². The minimum absolute atomic E-state index is 0.151. The third-order valence-corrected chi connectivity index (χ3v) is 5.17. The summed E-state index contributed by atoms with van der Waals surface area (Å²) in [6, 6.07) is 27.9. The summed E-state index contributed by atoms with van der Waals surface area (Å²) in [5.41, 5.74) is 3.13. The van der Waals surface area contributed by atoms with Crippen LogP contribution in [0.15, 0.2) is 91.0 Å². The highest BCUT2D eigenvalue weighted by Gasteiger charge is 2.23. The van der Waals surface area contributed by atoms with Crippen molar-refractivity contribution in [2.75, 3.05) is 7.11 Å². The van der Waals surface area contributed by atoms with Gasteiger partial charge in [-0.15, -0.1) is 0 Å². The van der Waals surface area contributed by atoms with Crippen molar-refractivity contribution >= 4 is 16.7 Å². The van der Waals surface area contributed by atoms with Gasteiger partial charge in [-0.25, -0.2) is 0 Å². The zero-order valence-corrected chi connectivity index (χ0v) is 16.7. The van der Waals surface area contributed by atoms with Crippen LogP contribution in [0, 0.1) is 0 Å². The van der Waals surface area contributed by atoms with E-state index in [1.54, 1.807) is 25.3 Å². The lowest BCUT2D eigenvalue weighted by atomic mass is 9.92. The van der Waals surface area contributed by atoms with Gasteiger partial charge in [-0.2, -0.15) is 0 Å². The van der Waals surface area contributed by atoms with E-state index >= 15 is 0 Å². The summed E-state index contributed by atoms with van der Waals surface area (Å²) in [7, 11) is 1.64. The first kappa shape index (κ1) is 19.7. The predicted molar refractivity (Wildman–Crippen MR) is 119 cm³/mol. The van der Waals surface area contributed by atoms with E-state index in [9.17, 15) is 9.90 Å². The molecular formula is C26H23NO3. The van der Waals surface area contributed by atoms with Gasteiger partial charge in [-0.3, -0.25) is 4.79 Å². The number of nitrogens with one attached hydrogen (secondary N) is 1. The van der Waals surface area contributed by atoms with Crippen molar-refractivity contribution in [3.8, 4) is 5.75 Å². The summed E-state index contributed by atoms with van der Waals surface area (Å²) in [5, 5.41) is 15.8. The second kappa shape index (κ2) is 8.80. The van der Waals surface area contributed by atoms with Gasteiger partial charge in [-0.05, 0) is 40.1 Å². The number of carbonyl (C=O) groups excluding carboxylic acids is 1. The molecule has 0 saturated heterocycles. The molecule has 0 spiro atoms. The van der Waals surface area contributed by atoms with Crippen LogP contribution in [0.3, 0.4) is 0 Å². The molecule has 1 amide bonds. The molecule has 4 aromatic rings. The minimum Gasteiger partial charge on any atom is -0.508 e. The number of phenols is 1. The number of rotatable bonds is 6. The van der Waals surface area contributed by atoms with Crippen LogP contribution in [-0.2, 0) is 11.3 Å². The third-order valence-electron chi connectivity index (χ3n) is 5.17. The fourth-order valence-electron chi connectivity index (χ4n) is 3.69. The van der Waals surface area contributed by atoms with E-state index in [2.05, 4.69) is 5.32 Å². The third kappa shape index (κ3) is 4.04. The maximum atomic E-state index is 13.1. The number of hydrogen-bond donors (Lipinski definition) is 2. The normalized spacial score (nSPS) is 11.9. The van der Waals surface area contributed by atoms with Crippen molar-refractivity contribution in [3.05, 3.63) is 113 Å². The van der Waals surface area contributed by atoms with Gasteiger partial charge in [0.1, 0.15) is 5.75 Å². The molecule has 1 atom stereocenters. The number of amides is 1. The SMILES string of the molecule is COCc1ccc(C(=O)NC(c2ccccc2)c2c(O)ccc3ccccc23)cc1. The van der Waals surface area contributed by atoms with Crippen LogP contribution < -0.4 is 5.32 Å². The lowest BCUT2D eigenvalue weighted by molar-refractivity contribution is 0.0943. The zero-order valence-electron chi connectivity index (χ0n) is 16.7. The average Bonchev–Trinajstić information content (AvgIpc) is 2.79. The van der Waals surface area contributed by atoms with Crippen LogP contribution in [0.2, 0.25) is 0 Å². The molecule has 0 bridgehead atoms. The highest BCUT2D eigenvalue weighted by Crippen LogP contribution is 2.36. The number of carbonyl (C=O) groups is 1. The van der Waals surface area contributed by atoms with Crippen LogP contribution in [0.5, 0.6) is 5.75 Å². The number of aromatic hydroxyl groups is 1. The zero-order chi connectivity index (χ0) is 20.9. The van der Waals surface area contributed by atoms with Crippen LogP contribution >= 0.6 is 0 Å². The first-order valence-electron chi connectivity index (χ1n) is 9.81. The highest BCUT2D eigenvalue weighted by atomic mass is 16.5. The van der Waals surface area contributed by atoms with E-state index in [4.69, 9.17) is 4.74 Å². The van der Waals surface area contributed by atoms with Gasteiger partial charge < -0.3 is 15.2 Å². The molecule has 1 unspecified atom stereocenters. The van der Waals surface area contributed by atoms with E-state index in [0.29, 0.717) is 17.7 Å². The molecule has 0 heterocycles. The maximum absolute atomic E-state index is 13.1. The summed E-state index contributed by atoms with van der Waals surface area (Å²) >= 11 is 0. The lowest BCUT2D eigenvalue weighted by Gasteiger charge is -2.23. The van der Waals surface area contributed by atoms with Crippen molar-refractivity contribution in [3.63, 3.8) is 0 Å². The highest BCUT2D eigenvalue weighted by molar-refractivity contribution is 5.96. The van der Waals surface area contributed by atoms with Gasteiger partial charge in [0, 0.05) is 18.2 Å². The summed E-state index contributed by atoms with van der Waals surface area (Å²) < 4.78 is 5.13. The molecule has 4 aromatic carbocycles. The Balaban J connectivity index is 1.75. The summed E-state index contributed by atoms with van der Waals surface area (Å²) in [5.74, 6) is -0.0570. The molecule has 0 aromatic heterocycles. The molecule has 0 aliphatic heterocycles. The van der Waals surface area contributed by atoms with Crippen molar-refractivity contribution < 1.29 is 14.6 Å². The van der Waals surface area contributed by atoms with E-state index < -0.39 is 6.04 Å². The Hall–Kier alpha value is -3.63. The van der Waals surface area contributed by atoms with Crippen molar-refractivity contribution in [2.45, 2.75) is 12.6 Å². The smallest absolute Gasteiger partial charge is 0.252 e. The maximum Gasteiger partial charge on any atom is 0.252 e. The molecule has 4 heteroatoms. The van der Waals surface area contributed by atoms with Gasteiger partial charge in [0.2, 0.25) is 0 Å². The Kier molecular flexibility index (Phi) is 5.77. The topological polar surface area (TPSA) is 58.6 Å². The molecule has 2 N–H and O–H groups in total. The van der Waals surface area contributed by atoms with Gasteiger partial charge in [0.25, 0.3) is 5.91 Å². The first-order valence-corrected chi connectivity index (χ1v) is 9.81. The van der Waals surface area contributed by atoms with Crippen LogP contribution in [0.1, 0.15) is 33.1 Å². The quantitative estimate of drug-likeness (QED) is 0.469. The van der Waals surface area contributed by atoms with Crippen LogP contribution in [-0.4, -0.2) is 18.1 Å². The number of methoxy groups -OCH3 is 1. The fraction of sp³-hybridized carbons (Fsp3) is 0.115. The van der Waals surface area contributed by atoms with E-state index in [1.165, 1.54) is 0 Å². The molecule has 0 radical (unpaired) electrons. The molecule has 0 aliphatic carbocycles.